The predicted molar refractivity (Wildman–Crippen MR) is 73.5 cm³/mol. The van der Waals surface area contributed by atoms with Crippen molar-refractivity contribution in [2.24, 2.45) is 7.05 Å². The summed E-state index contributed by atoms with van der Waals surface area (Å²) in [7, 11) is 3.50. The average Bonchev–Trinajstić information content (AvgIpc) is 2.86. The van der Waals surface area contributed by atoms with Crippen molar-refractivity contribution in [3.63, 3.8) is 0 Å². The van der Waals surface area contributed by atoms with Gasteiger partial charge in [0.25, 0.3) is 5.91 Å². The second-order valence-electron chi connectivity index (χ2n) is 4.74. The molecule has 106 valence electrons. The van der Waals surface area contributed by atoms with Gasteiger partial charge in [-0.2, -0.15) is 5.10 Å². The van der Waals surface area contributed by atoms with Gasteiger partial charge in [-0.25, -0.2) is 0 Å². The van der Waals surface area contributed by atoms with E-state index in [2.05, 4.69) is 5.10 Å². The van der Waals surface area contributed by atoms with Crippen LogP contribution >= 0.6 is 0 Å². The molecule has 0 fully saturated rings. The number of carbonyl (C=O) groups excluding carboxylic acids is 1. The number of hydrogen-bond donors (Lipinski definition) is 2. The number of amides is 1. The molecule has 2 aromatic rings. The van der Waals surface area contributed by atoms with Crippen molar-refractivity contribution in [2.45, 2.75) is 13.0 Å². The number of hydrogen-bond acceptors (Lipinski definition) is 4. The average molecular weight is 275 g/mol. The van der Waals surface area contributed by atoms with E-state index in [0.717, 1.165) is 5.56 Å². The van der Waals surface area contributed by atoms with Crippen molar-refractivity contribution in [1.29, 1.82) is 0 Å². The van der Waals surface area contributed by atoms with Crippen molar-refractivity contribution < 1.29 is 15.0 Å². The third kappa shape index (κ3) is 2.59. The Kier molecular flexibility index (Phi) is 3.65. The van der Waals surface area contributed by atoms with Crippen molar-refractivity contribution >= 4 is 5.91 Å². The maximum atomic E-state index is 12.3. The Bertz CT molecular complexity index is 636. The quantitative estimate of drug-likeness (QED) is 0.835. The summed E-state index contributed by atoms with van der Waals surface area (Å²) in [5.41, 5.74) is 1.24. The van der Waals surface area contributed by atoms with Crippen LogP contribution in [0.15, 0.2) is 30.6 Å². The lowest BCUT2D eigenvalue weighted by Gasteiger charge is -2.24. The molecule has 0 bridgehead atoms. The molecule has 0 aliphatic rings. The van der Waals surface area contributed by atoms with Crippen LogP contribution in [0.5, 0.6) is 11.5 Å². The minimum atomic E-state index is -0.307. The molecule has 0 saturated heterocycles. The van der Waals surface area contributed by atoms with Crippen LogP contribution in [0, 0.1) is 0 Å². The maximum absolute atomic E-state index is 12.3. The van der Waals surface area contributed by atoms with Crippen LogP contribution in [0.25, 0.3) is 0 Å². The molecule has 1 aromatic carbocycles. The highest BCUT2D eigenvalue weighted by Crippen LogP contribution is 2.27. The second kappa shape index (κ2) is 5.24. The maximum Gasteiger partial charge on any atom is 0.254 e. The van der Waals surface area contributed by atoms with Crippen LogP contribution in [0.4, 0.5) is 0 Å². The first-order chi connectivity index (χ1) is 9.40. The van der Waals surface area contributed by atoms with Crippen LogP contribution in [0.2, 0.25) is 0 Å². The zero-order chi connectivity index (χ0) is 14.9. The van der Waals surface area contributed by atoms with E-state index in [9.17, 15) is 15.0 Å². The summed E-state index contributed by atoms with van der Waals surface area (Å²) in [6.07, 6.45) is 3.56. The Balaban J connectivity index is 2.21. The fourth-order valence-corrected chi connectivity index (χ4v) is 1.92. The normalized spacial score (nSPS) is 12.2. The summed E-state index contributed by atoms with van der Waals surface area (Å²) in [6.45, 7) is 1.90. The number of aromatic nitrogens is 2. The van der Waals surface area contributed by atoms with Crippen molar-refractivity contribution in [3.05, 3.63) is 41.7 Å². The van der Waals surface area contributed by atoms with Crippen molar-refractivity contribution in [3.8, 4) is 11.5 Å². The Morgan fingerprint density at radius 2 is 2.05 bits per heavy atom. The van der Waals surface area contributed by atoms with Crippen LogP contribution in [-0.4, -0.2) is 37.8 Å². The minimum Gasteiger partial charge on any atom is -0.504 e. The van der Waals surface area contributed by atoms with Gasteiger partial charge in [-0.3, -0.25) is 9.48 Å². The molecule has 20 heavy (non-hydrogen) atoms. The molecular weight excluding hydrogens is 258 g/mol. The molecule has 0 aliphatic carbocycles. The van der Waals surface area contributed by atoms with Crippen LogP contribution in [0.1, 0.15) is 28.9 Å². The molecule has 1 atom stereocenters. The van der Waals surface area contributed by atoms with Crippen molar-refractivity contribution in [1.82, 2.24) is 14.7 Å². The first-order valence-electron chi connectivity index (χ1n) is 6.18. The van der Waals surface area contributed by atoms with Gasteiger partial charge in [0.1, 0.15) is 0 Å². The number of phenolic OH excluding ortho intramolecular Hbond substituents is 2. The van der Waals surface area contributed by atoms with Crippen LogP contribution in [-0.2, 0) is 7.05 Å². The van der Waals surface area contributed by atoms with E-state index >= 15 is 0 Å². The number of aryl methyl sites for hydroxylation is 1. The highest BCUT2D eigenvalue weighted by Gasteiger charge is 2.20. The van der Waals surface area contributed by atoms with E-state index in [1.165, 1.54) is 18.2 Å². The van der Waals surface area contributed by atoms with Gasteiger partial charge in [0.05, 0.1) is 12.2 Å². The van der Waals surface area contributed by atoms with Gasteiger partial charge in [-0.05, 0) is 25.1 Å². The topological polar surface area (TPSA) is 78.6 Å². The zero-order valence-electron chi connectivity index (χ0n) is 11.6. The molecule has 1 heterocycles. The lowest BCUT2D eigenvalue weighted by molar-refractivity contribution is 0.0742. The van der Waals surface area contributed by atoms with Gasteiger partial charge < -0.3 is 15.1 Å². The molecule has 1 amide bonds. The summed E-state index contributed by atoms with van der Waals surface area (Å²) in [5.74, 6) is -0.792. The third-order valence-electron chi connectivity index (χ3n) is 3.33. The van der Waals surface area contributed by atoms with Crippen LogP contribution in [0.3, 0.4) is 0 Å². The van der Waals surface area contributed by atoms with Gasteiger partial charge in [0.15, 0.2) is 11.5 Å². The Hall–Kier alpha value is -2.50. The number of phenols is 2. The van der Waals surface area contributed by atoms with E-state index in [-0.39, 0.29) is 23.4 Å². The lowest BCUT2D eigenvalue weighted by Crippen LogP contribution is -2.29. The molecule has 6 nitrogen and oxygen atoms in total. The Morgan fingerprint density at radius 1 is 1.35 bits per heavy atom. The zero-order valence-corrected chi connectivity index (χ0v) is 11.6. The fraction of sp³-hybridized carbons (Fsp3) is 0.286. The molecule has 0 aliphatic heterocycles. The number of benzene rings is 1. The summed E-state index contributed by atoms with van der Waals surface area (Å²) in [4.78, 5) is 13.9. The number of carbonyl (C=O) groups is 1. The summed E-state index contributed by atoms with van der Waals surface area (Å²) >= 11 is 0. The first-order valence-corrected chi connectivity index (χ1v) is 6.18. The SMILES string of the molecule is C[C@H](c1cnn(C)c1)N(C)C(=O)c1ccc(O)c(O)c1. The summed E-state index contributed by atoms with van der Waals surface area (Å²) in [6, 6.07) is 3.88. The number of aromatic hydroxyl groups is 2. The highest BCUT2D eigenvalue weighted by molar-refractivity contribution is 5.95. The standard InChI is InChI=1S/C14H17N3O3/c1-9(11-7-15-16(2)8-11)17(3)14(20)10-4-5-12(18)13(19)6-10/h4-9,18-19H,1-3H3/t9-/m1/s1. The molecule has 0 spiro atoms. The van der Waals surface area contributed by atoms with Gasteiger partial charge in [0.2, 0.25) is 0 Å². The highest BCUT2D eigenvalue weighted by atomic mass is 16.3. The third-order valence-corrected chi connectivity index (χ3v) is 3.33. The molecule has 6 heteroatoms. The van der Waals surface area contributed by atoms with E-state index in [1.54, 1.807) is 22.8 Å². The van der Waals surface area contributed by atoms with E-state index < -0.39 is 0 Å². The molecular formula is C14H17N3O3. The number of nitrogens with zero attached hydrogens (tertiary/aromatic N) is 3. The van der Waals surface area contributed by atoms with E-state index in [0.29, 0.717) is 5.56 Å². The molecule has 0 unspecified atom stereocenters. The Morgan fingerprint density at radius 3 is 2.60 bits per heavy atom. The van der Waals surface area contributed by atoms with E-state index in [4.69, 9.17) is 0 Å². The monoisotopic (exact) mass is 275 g/mol. The molecule has 0 saturated carbocycles. The predicted octanol–water partition coefficient (Wildman–Crippen LogP) is 1.66. The summed E-state index contributed by atoms with van der Waals surface area (Å²) in [5, 5.41) is 22.8. The van der Waals surface area contributed by atoms with Gasteiger partial charge in [-0.1, -0.05) is 0 Å². The second-order valence-corrected chi connectivity index (χ2v) is 4.74. The van der Waals surface area contributed by atoms with E-state index in [1.807, 2.05) is 20.2 Å². The molecule has 0 radical (unpaired) electrons. The first kappa shape index (κ1) is 13.9. The fourth-order valence-electron chi connectivity index (χ4n) is 1.92. The summed E-state index contributed by atoms with van der Waals surface area (Å²) < 4.78 is 1.68. The minimum absolute atomic E-state index is 0.146. The largest absolute Gasteiger partial charge is 0.504 e. The smallest absolute Gasteiger partial charge is 0.254 e. The number of rotatable bonds is 3. The molecule has 1 aromatic heterocycles. The van der Waals surface area contributed by atoms with Gasteiger partial charge in [-0.15, -0.1) is 0 Å². The van der Waals surface area contributed by atoms with Crippen LogP contribution < -0.4 is 0 Å². The molecule has 2 rings (SSSR count). The Labute approximate surface area is 116 Å². The molecule has 2 N–H and O–H groups in total. The van der Waals surface area contributed by atoms with Crippen molar-refractivity contribution in [2.75, 3.05) is 7.05 Å². The van der Waals surface area contributed by atoms with Gasteiger partial charge in [0, 0.05) is 31.4 Å². The lowest BCUT2D eigenvalue weighted by atomic mass is 10.1. The van der Waals surface area contributed by atoms with Gasteiger partial charge >= 0.3 is 0 Å².